The highest BCUT2D eigenvalue weighted by molar-refractivity contribution is 6.21. The number of nitrogens with zero attached hydrogens (tertiary/aromatic N) is 2. The summed E-state index contributed by atoms with van der Waals surface area (Å²) >= 11 is 0. The number of hydrogen-bond donors (Lipinski definition) is 0. The summed E-state index contributed by atoms with van der Waals surface area (Å²) in [6.45, 7) is 0. The zero-order valence-corrected chi connectivity index (χ0v) is 9.09. The highest BCUT2D eigenvalue weighted by atomic mass is 16.6. The number of carbonyl (C=O) groups is 2. The topological polar surface area (TPSA) is 89.8 Å². The molecule has 1 aromatic carbocycles. The van der Waals surface area contributed by atoms with Crippen LogP contribution in [0.4, 0.5) is 5.69 Å². The Bertz CT molecular complexity index is 552. The molecule has 0 atom stereocenters. The van der Waals surface area contributed by atoms with E-state index in [1.165, 1.54) is 20.2 Å². The summed E-state index contributed by atoms with van der Waals surface area (Å²) in [6.07, 6.45) is 0. The fourth-order valence-electron chi connectivity index (χ4n) is 1.68. The number of imide groups is 1. The van der Waals surface area contributed by atoms with Crippen molar-refractivity contribution >= 4 is 17.5 Å². The minimum atomic E-state index is -0.658. The van der Waals surface area contributed by atoms with Gasteiger partial charge in [-0.2, -0.15) is 0 Å². The highest BCUT2D eigenvalue weighted by Gasteiger charge is 2.36. The Morgan fingerprint density at radius 1 is 1.24 bits per heavy atom. The van der Waals surface area contributed by atoms with Crippen molar-refractivity contribution in [2.45, 2.75) is 0 Å². The number of ether oxygens (including phenoxy) is 1. The van der Waals surface area contributed by atoms with Gasteiger partial charge < -0.3 is 4.74 Å². The standard InChI is InChI=1S/C10H8N2O5/c1-11-9(13)5-3-7(12(15)16)8(17-2)4-6(5)10(11)14/h3-4H,1-2H3. The SMILES string of the molecule is COc1cc2c(cc1[N+](=O)[O-])C(=O)N(C)C2=O. The molecule has 0 saturated carbocycles. The molecule has 2 rings (SSSR count). The first-order valence-electron chi connectivity index (χ1n) is 4.66. The molecule has 1 aliphatic heterocycles. The van der Waals surface area contributed by atoms with E-state index in [0.29, 0.717) is 0 Å². The van der Waals surface area contributed by atoms with Crippen molar-refractivity contribution in [1.82, 2.24) is 4.90 Å². The lowest BCUT2D eigenvalue weighted by molar-refractivity contribution is -0.385. The summed E-state index contributed by atoms with van der Waals surface area (Å²) in [4.78, 5) is 34.3. The smallest absolute Gasteiger partial charge is 0.311 e. The number of carbonyl (C=O) groups excluding carboxylic acids is 2. The fraction of sp³-hybridized carbons (Fsp3) is 0.200. The maximum atomic E-state index is 11.6. The second kappa shape index (κ2) is 3.55. The molecule has 0 radical (unpaired) electrons. The monoisotopic (exact) mass is 236 g/mol. The minimum Gasteiger partial charge on any atom is -0.490 e. The molecule has 0 unspecified atom stereocenters. The van der Waals surface area contributed by atoms with Gasteiger partial charge in [0.05, 0.1) is 23.2 Å². The molecule has 0 aromatic heterocycles. The van der Waals surface area contributed by atoms with Crippen LogP contribution in [0.5, 0.6) is 5.75 Å². The largest absolute Gasteiger partial charge is 0.490 e. The van der Waals surface area contributed by atoms with E-state index in [1.54, 1.807) is 0 Å². The lowest BCUT2D eigenvalue weighted by atomic mass is 10.1. The Kier molecular flexibility index (Phi) is 2.31. The second-order valence-corrected chi connectivity index (χ2v) is 3.50. The van der Waals surface area contributed by atoms with Gasteiger partial charge in [-0.3, -0.25) is 24.6 Å². The number of rotatable bonds is 2. The fourth-order valence-corrected chi connectivity index (χ4v) is 1.68. The van der Waals surface area contributed by atoms with Gasteiger partial charge >= 0.3 is 5.69 Å². The first-order valence-corrected chi connectivity index (χ1v) is 4.66. The van der Waals surface area contributed by atoms with Gasteiger partial charge in [0, 0.05) is 19.2 Å². The van der Waals surface area contributed by atoms with Gasteiger partial charge in [-0.25, -0.2) is 0 Å². The maximum absolute atomic E-state index is 11.6. The van der Waals surface area contributed by atoms with Crippen molar-refractivity contribution in [1.29, 1.82) is 0 Å². The van der Waals surface area contributed by atoms with Crippen LogP contribution in [0.1, 0.15) is 20.7 Å². The number of nitro benzene ring substituents is 1. The summed E-state index contributed by atoms with van der Waals surface area (Å²) in [6, 6.07) is 2.29. The number of benzene rings is 1. The molecular weight excluding hydrogens is 228 g/mol. The molecule has 0 spiro atoms. The van der Waals surface area contributed by atoms with E-state index in [2.05, 4.69) is 0 Å². The van der Waals surface area contributed by atoms with Crippen LogP contribution in [0.25, 0.3) is 0 Å². The van der Waals surface area contributed by atoms with Gasteiger partial charge in [0.15, 0.2) is 5.75 Å². The van der Waals surface area contributed by atoms with Crippen LogP contribution >= 0.6 is 0 Å². The van der Waals surface area contributed by atoms with Crippen LogP contribution < -0.4 is 4.74 Å². The Morgan fingerprint density at radius 3 is 2.24 bits per heavy atom. The molecule has 7 heteroatoms. The van der Waals surface area contributed by atoms with Gasteiger partial charge in [0.2, 0.25) is 0 Å². The molecule has 88 valence electrons. The molecule has 0 N–H and O–H groups in total. The lowest BCUT2D eigenvalue weighted by Gasteiger charge is -2.02. The quantitative estimate of drug-likeness (QED) is 0.431. The van der Waals surface area contributed by atoms with Gasteiger partial charge in [-0.15, -0.1) is 0 Å². The number of hydrogen-bond acceptors (Lipinski definition) is 5. The Labute approximate surface area is 95.7 Å². The molecule has 0 saturated heterocycles. The molecule has 1 aliphatic rings. The van der Waals surface area contributed by atoms with E-state index < -0.39 is 16.7 Å². The van der Waals surface area contributed by atoms with Crippen LogP contribution in [0.2, 0.25) is 0 Å². The Hall–Kier alpha value is -2.44. The van der Waals surface area contributed by atoms with Crippen molar-refractivity contribution in [2.75, 3.05) is 14.2 Å². The van der Waals surface area contributed by atoms with Crippen molar-refractivity contribution in [3.63, 3.8) is 0 Å². The van der Waals surface area contributed by atoms with Crippen LogP contribution in [-0.4, -0.2) is 35.8 Å². The van der Waals surface area contributed by atoms with Crippen LogP contribution in [0, 0.1) is 10.1 Å². The molecule has 0 aliphatic carbocycles. The molecule has 2 amide bonds. The molecular formula is C10H8N2O5. The molecule has 1 heterocycles. The summed E-state index contributed by atoms with van der Waals surface area (Å²) < 4.78 is 4.83. The first kappa shape index (κ1) is 11.1. The van der Waals surface area contributed by atoms with Crippen molar-refractivity contribution in [2.24, 2.45) is 0 Å². The second-order valence-electron chi connectivity index (χ2n) is 3.50. The summed E-state index contributed by atoms with van der Waals surface area (Å²) in [7, 11) is 2.59. The van der Waals surface area contributed by atoms with E-state index in [1.807, 2.05) is 0 Å². The van der Waals surface area contributed by atoms with Crippen LogP contribution in [-0.2, 0) is 0 Å². The third-order valence-corrected chi connectivity index (χ3v) is 2.59. The maximum Gasteiger partial charge on any atom is 0.311 e. The average Bonchev–Trinajstić information content (AvgIpc) is 2.52. The van der Waals surface area contributed by atoms with Crippen molar-refractivity contribution in [3.8, 4) is 5.75 Å². The van der Waals surface area contributed by atoms with Crippen LogP contribution in [0.15, 0.2) is 12.1 Å². The number of amides is 2. The first-order chi connectivity index (χ1) is 7.97. The Morgan fingerprint density at radius 2 is 1.76 bits per heavy atom. The zero-order valence-electron chi connectivity index (χ0n) is 9.09. The average molecular weight is 236 g/mol. The number of fused-ring (bicyclic) bond motifs is 1. The predicted octanol–water partition coefficient (Wildman–Crippen LogP) is 0.829. The molecule has 0 fully saturated rings. The minimum absolute atomic E-state index is 0.0324. The highest BCUT2D eigenvalue weighted by Crippen LogP contribution is 2.34. The predicted molar refractivity (Wildman–Crippen MR) is 56.1 cm³/mol. The van der Waals surface area contributed by atoms with Crippen molar-refractivity contribution < 1.29 is 19.2 Å². The molecule has 1 aromatic rings. The van der Waals surface area contributed by atoms with Gasteiger partial charge in [0.1, 0.15) is 0 Å². The van der Waals surface area contributed by atoms with E-state index in [0.717, 1.165) is 11.0 Å². The van der Waals surface area contributed by atoms with E-state index >= 15 is 0 Å². The van der Waals surface area contributed by atoms with Crippen molar-refractivity contribution in [3.05, 3.63) is 33.4 Å². The van der Waals surface area contributed by atoms with E-state index in [9.17, 15) is 19.7 Å². The summed E-state index contributed by atoms with van der Waals surface area (Å²) in [5, 5.41) is 10.8. The van der Waals surface area contributed by atoms with E-state index in [4.69, 9.17) is 4.74 Å². The zero-order chi connectivity index (χ0) is 12.7. The normalized spacial score (nSPS) is 13.9. The van der Waals surface area contributed by atoms with Gasteiger partial charge in [-0.05, 0) is 0 Å². The molecule has 7 nitrogen and oxygen atoms in total. The number of nitro groups is 1. The Balaban J connectivity index is 2.70. The third kappa shape index (κ3) is 1.43. The summed E-state index contributed by atoms with van der Waals surface area (Å²) in [5.74, 6) is -1.07. The summed E-state index contributed by atoms with van der Waals surface area (Å²) in [5.41, 5.74) is -0.173. The lowest BCUT2D eigenvalue weighted by Crippen LogP contribution is -2.24. The molecule has 17 heavy (non-hydrogen) atoms. The van der Waals surface area contributed by atoms with Gasteiger partial charge in [0.25, 0.3) is 11.8 Å². The van der Waals surface area contributed by atoms with E-state index in [-0.39, 0.29) is 22.6 Å². The third-order valence-electron chi connectivity index (χ3n) is 2.59. The number of methoxy groups -OCH3 is 1. The van der Waals surface area contributed by atoms with Gasteiger partial charge in [-0.1, -0.05) is 0 Å². The van der Waals surface area contributed by atoms with Crippen LogP contribution in [0.3, 0.4) is 0 Å². The molecule has 0 bridgehead atoms.